The Balaban J connectivity index is 2.03. The van der Waals surface area contributed by atoms with Gasteiger partial charge in [0.05, 0.1) is 18.4 Å². The minimum absolute atomic E-state index is 0.0333. The maximum atomic E-state index is 12.4. The molecule has 1 aromatic rings. The molecule has 110 valence electrons. The molecule has 1 aromatic heterocycles. The van der Waals surface area contributed by atoms with E-state index in [0.29, 0.717) is 37.6 Å². The molecule has 0 N–H and O–H groups in total. The first-order valence-corrected chi connectivity index (χ1v) is 6.73. The zero-order chi connectivity index (χ0) is 14.5. The molecule has 20 heavy (non-hydrogen) atoms. The van der Waals surface area contributed by atoms with Gasteiger partial charge in [-0.15, -0.1) is 0 Å². The van der Waals surface area contributed by atoms with Crippen molar-refractivity contribution >= 4 is 11.8 Å². The van der Waals surface area contributed by atoms with Gasteiger partial charge in [-0.3, -0.25) is 9.59 Å². The molecule has 0 aromatic carbocycles. The highest BCUT2D eigenvalue weighted by Crippen LogP contribution is 2.14. The summed E-state index contributed by atoms with van der Waals surface area (Å²) >= 11 is 0. The maximum Gasteiger partial charge on any atom is 0.257 e. The Bertz CT molecular complexity index is 483. The topological polar surface area (TPSA) is 63.0 Å². The van der Waals surface area contributed by atoms with Gasteiger partial charge >= 0.3 is 0 Å². The third-order valence-electron chi connectivity index (χ3n) is 3.48. The Kier molecular flexibility index (Phi) is 4.79. The molecule has 2 rings (SSSR count). The molecule has 0 unspecified atom stereocenters. The van der Waals surface area contributed by atoms with Crippen LogP contribution in [-0.4, -0.2) is 61.5 Å². The first-order chi connectivity index (χ1) is 9.63. The van der Waals surface area contributed by atoms with E-state index < -0.39 is 0 Å². The number of nitrogens with zero attached hydrogens (tertiary/aromatic N) is 2. The zero-order valence-corrected chi connectivity index (χ0v) is 11.9. The van der Waals surface area contributed by atoms with E-state index in [-0.39, 0.29) is 18.4 Å². The highest BCUT2D eigenvalue weighted by Gasteiger charge is 2.26. The lowest BCUT2D eigenvalue weighted by atomic mass is 10.2. The van der Waals surface area contributed by atoms with Crippen LogP contribution in [0.4, 0.5) is 0 Å². The van der Waals surface area contributed by atoms with Crippen molar-refractivity contribution in [3.8, 4) is 0 Å². The fourth-order valence-electron chi connectivity index (χ4n) is 2.31. The molecule has 1 saturated heterocycles. The van der Waals surface area contributed by atoms with Crippen LogP contribution in [0.25, 0.3) is 0 Å². The quantitative estimate of drug-likeness (QED) is 0.822. The Morgan fingerprint density at radius 1 is 1.45 bits per heavy atom. The lowest BCUT2D eigenvalue weighted by molar-refractivity contribution is -0.131. The Morgan fingerprint density at radius 2 is 2.25 bits per heavy atom. The van der Waals surface area contributed by atoms with E-state index in [2.05, 4.69) is 0 Å². The van der Waals surface area contributed by atoms with Gasteiger partial charge in [0, 0.05) is 26.7 Å². The largest absolute Gasteiger partial charge is 0.469 e. The van der Waals surface area contributed by atoms with E-state index in [9.17, 15) is 9.59 Å². The van der Waals surface area contributed by atoms with Gasteiger partial charge < -0.3 is 19.0 Å². The Hall–Kier alpha value is -1.82. The lowest BCUT2D eigenvalue weighted by Gasteiger charge is -2.21. The van der Waals surface area contributed by atoms with Crippen LogP contribution in [0.15, 0.2) is 16.7 Å². The fourth-order valence-corrected chi connectivity index (χ4v) is 2.31. The van der Waals surface area contributed by atoms with Gasteiger partial charge in [0.15, 0.2) is 0 Å². The van der Waals surface area contributed by atoms with Crippen molar-refractivity contribution in [3.05, 3.63) is 23.7 Å². The third-order valence-corrected chi connectivity index (χ3v) is 3.48. The number of hydrogen-bond donors (Lipinski definition) is 0. The molecule has 1 fully saturated rings. The molecule has 0 spiro atoms. The number of rotatable bonds is 4. The van der Waals surface area contributed by atoms with E-state index in [4.69, 9.17) is 9.15 Å². The van der Waals surface area contributed by atoms with Gasteiger partial charge in [0.2, 0.25) is 5.91 Å². The minimum Gasteiger partial charge on any atom is -0.469 e. The van der Waals surface area contributed by atoms with Gasteiger partial charge in [-0.2, -0.15) is 0 Å². The summed E-state index contributed by atoms with van der Waals surface area (Å²) in [6.07, 6.45) is 2.27. The van der Waals surface area contributed by atoms with Crippen molar-refractivity contribution in [2.24, 2.45) is 0 Å². The summed E-state index contributed by atoms with van der Waals surface area (Å²) in [5, 5.41) is 0. The molecule has 2 amide bonds. The van der Waals surface area contributed by atoms with E-state index >= 15 is 0 Å². The van der Waals surface area contributed by atoms with E-state index in [0.717, 1.165) is 6.42 Å². The summed E-state index contributed by atoms with van der Waals surface area (Å²) in [7, 11) is 1.61. The van der Waals surface area contributed by atoms with E-state index in [1.807, 2.05) is 0 Å². The average molecular weight is 280 g/mol. The summed E-state index contributed by atoms with van der Waals surface area (Å²) in [6, 6.07) is 1.65. The number of carbonyl (C=O) groups excluding carboxylic acids is 2. The molecule has 1 aliphatic heterocycles. The number of amides is 2. The van der Waals surface area contributed by atoms with Crippen molar-refractivity contribution in [2.45, 2.75) is 13.3 Å². The normalized spacial score (nSPS) is 16.4. The van der Waals surface area contributed by atoms with Crippen LogP contribution in [0.5, 0.6) is 0 Å². The molecular formula is C14H20N2O4. The average Bonchev–Trinajstić information content (AvgIpc) is 2.77. The monoisotopic (exact) mass is 280 g/mol. The molecule has 0 radical (unpaired) electrons. The van der Waals surface area contributed by atoms with Gasteiger partial charge in [-0.1, -0.05) is 0 Å². The number of furan rings is 1. The van der Waals surface area contributed by atoms with Crippen LogP contribution >= 0.6 is 0 Å². The lowest BCUT2D eigenvalue weighted by Crippen LogP contribution is -2.40. The molecule has 0 saturated carbocycles. The van der Waals surface area contributed by atoms with Gasteiger partial charge in [-0.25, -0.2) is 0 Å². The number of methoxy groups -OCH3 is 1. The SMILES string of the molecule is COCCN1CCCN(C(=O)c2ccoc2C)CC1=O. The number of hydrogen-bond acceptors (Lipinski definition) is 4. The second kappa shape index (κ2) is 6.56. The highest BCUT2D eigenvalue weighted by molar-refractivity contribution is 5.97. The molecule has 6 heteroatoms. The van der Waals surface area contributed by atoms with Crippen LogP contribution in [0, 0.1) is 6.92 Å². The Morgan fingerprint density at radius 3 is 2.90 bits per heavy atom. The van der Waals surface area contributed by atoms with Crippen molar-refractivity contribution < 1.29 is 18.7 Å². The molecule has 6 nitrogen and oxygen atoms in total. The maximum absolute atomic E-state index is 12.4. The standard InChI is InChI=1S/C14H20N2O4/c1-11-12(4-8-20-11)14(18)16-6-3-5-15(7-9-19-2)13(17)10-16/h4,8H,3,5-7,9-10H2,1-2H3. The molecule has 0 bridgehead atoms. The second-order valence-electron chi connectivity index (χ2n) is 4.84. The van der Waals surface area contributed by atoms with Gasteiger partial charge in [0.25, 0.3) is 5.91 Å². The van der Waals surface area contributed by atoms with Gasteiger partial charge in [-0.05, 0) is 19.4 Å². The zero-order valence-electron chi connectivity index (χ0n) is 11.9. The van der Waals surface area contributed by atoms with Crippen LogP contribution in [0.2, 0.25) is 0 Å². The van der Waals surface area contributed by atoms with Crippen LogP contribution in [-0.2, 0) is 9.53 Å². The fraction of sp³-hybridized carbons (Fsp3) is 0.571. The number of carbonyl (C=O) groups is 2. The van der Waals surface area contributed by atoms with Crippen molar-refractivity contribution in [3.63, 3.8) is 0 Å². The first kappa shape index (κ1) is 14.6. The van der Waals surface area contributed by atoms with Crippen LogP contribution in [0.3, 0.4) is 0 Å². The first-order valence-electron chi connectivity index (χ1n) is 6.73. The summed E-state index contributed by atoms with van der Waals surface area (Å²) in [5.41, 5.74) is 0.531. The molecule has 0 atom stereocenters. The minimum atomic E-state index is -0.141. The number of ether oxygens (including phenoxy) is 1. The summed E-state index contributed by atoms with van der Waals surface area (Å²) < 4.78 is 10.1. The second-order valence-corrected chi connectivity index (χ2v) is 4.84. The van der Waals surface area contributed by atoms with Crippen LogP contribution < -0.4 is 0 Å². The molecule has 0 aliphatic carbocycles. The summed E-state index contributed by atoms with van der Waals surface area (Å²) in [5.74, 6) is 0.412. The molecular weight excluding hydrogens is 260 g/mol. The van der Waals surface area contributed by atoms with Crippen molar-refractivity contribution in [2.75, 3.05) is 39.9 Å². The van der Waals surface area contributed by atoms with Crippen molar-refractivity contribution in [1.29, 1.82) is 0 Å². The van der Waals surface area contributed by atoms with Gasteiger partial charge in [0.1, 0.15) is 12.3 Å². The summed E-state index contributed by atoms with van der Waals surface area (Å²) in [6.45, 7) is 4.20. The van der Waals surface area contributed by atoms with E-state index in [1.165, 1.54) is 6.26 Å². The number of aryl methyl sites for hydroxylation is 1. The molecule has 2 heterocycles. The van der Waals surface area contributed by atoms with Crippen LogP contribution in [0.1, 0.15) is 22.5 Å². The molecule has 1 aliphatic rings. The van der Waals surface area contributed by atoms with E-state index in [1.54, 1.807) is 29.9 Å². The highest BCUT2D eigenvalue weighted by atomic mass is 16.5. The third kappa shape index (κ3) is 3.19. The van der Waals surface area contributed by atoms with Crippen molar-refractivity contribution in [1.82, 2.24) is 9.80 Å². The summed E-state index contributed by atoms with van der Waals surface area (Å²) in [4.78, 5) is 27.9. The Labute approximate surface area is 118 Å². The predicted octanol–water partition coefficient (Wildman–Crippen LogP) is 0.909. The predicted molar refractivity (Wildman–Crippen MR) is 72.4 cm³/mol. The smallest absolute Gasteiger partial charge is 0.257 e.